The third-order valence-electron chi connectivity index (χ3n) is 15.5. The maximum atomic E-state index is 7.93. The van der Waals surface area contributed by atoms with Crippen molar-refractivity contribution in [3.63, 3.8) is 0 Å². The van der Waals surface area contributed by atoms with Crippen molar-refractivity contribution in [1.82, 2.24) is 0 Å². The van der Waals surface area contributed by atoms with Crippen LogP contribution in [-0.2, 0) is 43.3 Å². The van der Waals surface area contributed by atoms with Gasteiger partial charge in [-0.15, -0.1) is 0 Å². The largest absolute Gasteiger partial charge is 0.435 e. The fourth-order valence-electron chi connectivity index (χ4n) is 11.5. The Morgan fingerprint density at radius 3 is 0.795 bits per heavy atom. The van der Waals surface area contributed by atoms with E-state index >= 15 is 0 Å². The van der Waals surface area contributed by atoms with Gasteiger partial charge < -0.3 is 18.1 Å². The maximum Gasteiger partial charge on any atom is 0.327 e. The molecule has 0 saturated carbocycles. The Labute approximate surface area is 477 Å². The lowest BCUT2D eigenvalue weighted by Crippen LogP contribution is -2.33. The summed E-state index contributed by atoms with van der Waals surface area (Å²) >= 11 is 0. The summed E-state index contributed by atoms with van der Waals surface area (Å²) in [5.74, 6) is 3.31. The van der Waals surface area contributed by atoms with Gasteiger partial charge in [-0.25, -0.2) is 0 Å². The SMILES string of the molecule is Cc1cc(OP(Oc2cc(C)c(C(C)(C)C)cc2C(C)(C)C)c2ccc3c(c2P(Oc2cc(C)c(C(C)(C)C)cc2C(C)(C)C)Oc2cc(C)c(C(C)(C)C)cc2C(C)(C)C)-c2ccccc2-3)c(C(C)(C)C)cc1C(C)(C)C. The Hall–Kier alpha value is -4.62. The van der Waals surface area contributed by atoms with Crippen molar-refractivity contribution in [2.24, 2.45) is 0 Å². The molecule has 1 aliphatic rings. The lowest BCUT2D eigenvalue weighted by atomic mass is 9.78. The monoisotopic (exact) mass is 1090 g/mol. The third-order valence-corrected chi connectivity index (χ3v) is 18.7. The molecule has 0 saturated heterocycles. The van der Waals surface area contributed by atoms with Crippen LogP contribution in [-0.4, -0.2) is 0 Å². The number of hydrogen-bond donors (Lipinski definition) is 0. The molecule has 0 amide bonds. The fourth-order valence-corrected chi connectivity index (χ4v) is 14.9. The zero-order chi connectivity index (χ0) is 58.6. The van der Waals surface area contributed by atoms with Gasteiger partial charge in [-0.2, -0.15) is 0 Å². The Morgan fingerprint density at radius 2 is 0.526 bits per heavy atom. The summed E-state index contributed by atoms with van der Waals surface area (Å²) in [6.45, 7) is 64.1. The smallest absolute Gasteiger partial charge is 0.327 e. The minimum atomic E-state index is -2.01. The lowest BCUT2D eigenvalue weighted by Gasteiger charge is -2.36. The molecule has 6 heteroatoms. The zero-order valence-electron chi connectivity index (χ0n) is 53.6. The first kappa shape index (κ1) is 61.0. The first-order valence-corrected chi connectivity index (χ1v) is 31.0. The molecule has 0 fully saturated rings. The van der Waals surface area contributed by atoms with Gasteiger partial charge in [-0.1, -0.05) is 221 Å². The van der Waals surface area contributed by atoms with E-state index in [1.54, 1.807) is 0 Å². The topological polar surface area (TPSA) is 36.9 Å². The number of fused-ring (bicyclic) bond motifs is 4. The molecule has 1 aliphatic carbocycles. The predicted molar refractivity (Wildman–Crippen MR) is 341 cm³/mol. The number of benzene rings is 6. The molecule has 0 N–H and O–H groups in total. The molecule has 78 heavy (non-hydrogen) atoms. The first-order chi connectivity index (χ1) is 35.4. The minimum absolute atomic E-state index is 0.0741. The Kier molecular flexibility index (Phi) is 16.2. The van der Waals surface area contributed by atoms with Crippen LogP contribution in [0, 0.1) is 27.7 Å². The highest BCUT2D eigenvalue weighted by atomic mass is 31.2. The van der Waals surface area contributed by atoms with Crippen LogP contribution in [0.5, 0.6) is 23.0 Å². The number of aryl methyl sites for hydroxylation is 4. The van der Waals surface area contributed by atoms with Crippen molar-refractivity contribution >= 4 is 27.4 Å². The first-order valence-electron chi connectivity index (χ1n) is 28.6. The van der Waals surface area contributed by atoms with Gasteiger partial charge in [0.2, 0.25) is 0 Å². The normalized spacial score (nSPS) is 13.6. The molecule has 0 unspecified atom stereocenters. The summed E-state index contributed by atoms with van der Waals surface area (Å²) in [7, 11) is -3.99. The van der Waals surface area contributed by atoms with Gasteiger partial charge in [-0.3, -0.25) is 0 Å². The second-order valence-electron chi connectivity index (χ2n) is 30.9. The van der Waals surface area contributed by atoms with Crippen molar-refractivity contribution < 1.29 is 18.1 Å². The Balaban J connectivity index is 1.64. The van der Waals surface area contributed by atoms with Crippen molar-refractivity contribution in [1.29, 1.82) is 0 Å². The van der Waals surface area contributed by atoms with E-state index in [2.05, 4.69) is 279 Å². The zero-order valence-corrected chi connectivity index (χ0v) is 55.4. The molecule has 0 aliphatic heterocycles. The molecule has 0 atom stereocenters. The van der Waals surface area contributed by atoms with Gasteiger partial charge in [0.05, 0.1) is 10.6 Å². The molecule has 0 heterocycles. The van der Waals surface area contributed by atoms with Gasteiger partial charge in [0, 0.05) is 27.8 Å². The average Bonchev–Trinajstić information content (AvgIpc) is 3.24. The molecular weight excluding hydrogens is 991 g/mol. The van der Waals surface area contributed by atoms with Gasteiger partial charge in [0.25, 0.3) is 0 Å². The summed E-state index contributed by atoms with van der Waals surface area (Å²) in [4.78, 5) is 0. The summed E-state index contributed by atoms with van der Waals surface area (Å²) in [5, 5.41) is 1.91. The second-order valence-corrected chi connectivity index (χ2v) is 33.6. The van der Waals surface area contributed by atoms with Crippen molar-refractivity contribution in [2.75, 3.05) is 0 Å². The molecule has 0 aromatic heterocycles. The van der Waals surface area contributed by atoms with Crippen LogP contribution in [0.25, 0.3) is 22.3 Å². The Morgan fingerprint density at radius 1 is 0.269 bits per heavy atom. The van der Waals surface area contributed by atoms with Crippen LogP contribution in [0.2, 0.25) is 0 Å². The van der Waals surface area contributed by atoms with Gasteiger partial charge >= 0.3 is 16.8 Å². The van der Waals surface area contributed by atoms with Gasteiger partial charge in [0.1, 0.15) is 23.0 Å². The van der Waals surface area contributed by atoms with Crippen molar-refractivity contribution in [3.8, 4) is 45.3 Å². The average molecular weight is 1090 g/mol. The molecule has 0 spiro atoms. The van der Waals surface area contributed by atoms with E-state index in [1.807, 2.05) is 0 Å². The second kappa shape index (κ2) is 20.7. The highest BCUT2D eigenvalue weighted by Gasteiger charge is 2.42. The standard InChI is InChI=1S/C72H98O4P2/c1-43-35-58(54(69(17,18)19)39-50(43)65(5,6)7)73-77(74-59-36-44(2)51(66(8,9)10)40-55(59)70(20,21)22)62-34-33-49-47-31-29-30-32-48(47)63(49)64(62)78(75-60-37-45(3)52(67(11,12)13)41-56(60)71(23,24)25)76-61-38-46(4)53(68(14,15)16)42-57(61)72(26,27)28/h29-42H,1-28H3. The van der Waals surface area contributed by atoms with Crippen molar-refractivity contribution in [3.05, 3.63) is 152 Å². The summed E-state index contributed by atoms with van der Waals surface area (Å²) in [6, 6.07) is 32.0. The number of hydrogen-bond acceptors (Lipinski definition) is 4. The van der Waals surface area contributed by atoms with E-state index in [0.29, 0.717) is 0 Å². The quantitative estimate of drug-likeness (QED) is 0.128. The van der Waals surface area contributed by atoms with Gasteiger partial charge in [0.15, 0.2) is 0 Å². The van der Waals surface area contributed by atoms with Crippen LogP contribution < -0.4 is 28.7 Å². The molecule has 0 bridgehead atoms. The van der Waals surface area contributed by atoms with Crippen molar-refractivity contribution in [2.45, 2.75) is 237 Å². The van der Waals surface area contributed by atoms with Crippen LogP contribution in [0.15, 0.2) is 84.9 Å². The fraction of sp³-hybridized carbons (Fsp3) is 0.500. The molecule has 6 aromatic carbocycles. The molecule has 4 nitrogen and oxygen atoms in total. The third kappa shape index (κ3) is 12.6. The van der Waals surface area contributed by atoms with Gasteiger partial charge in [-0.05, 0) is 163 Å². The van der Waals surface area contributed by atoms with E-state index in [0.717, 1.165) is 61.4 Å². The van der Waals surface area contributed by atoms with E-state index in [4.69, 9.17) is 18.1 Å². The van der Waals surface area contributed by atoms with E-state index in [1.165, 1.54) is 61.2 Å². The molecule has 7 rings (SSSR count). The summed E-state index contributed by atoms with van der Waals surface area (Å²) in [5.41, 5.74) is 17.9. The summed E-state index contributed by atoms with van der Waals surface area (Å²) in [6.07, 6.45) is 0. The molecule has 0 radical (unpaired) electrons. The van der Waals surface area contributed by atoms with Crippen LogP contribution in [0.1, 0.15) is 233 Å². The number of rotatable bonds is 10. The Bertz CT molecular complexity index is 3070. The van der Waals surface area contributed by atoms with E-state index in [9.17, 15) is 0 Å². The lowest BCUT2D eigenvalue weighted by molar-refractivity contribution is 0.462. The molecular formula is C72H98O4P2. The molecule has 420 valence electrons. The van der Waals surface area contributed by atoms with E-state index < -0.39 is 16.8 Å². The van der Waals surface area contributed by atoms with Crippen LogP contribution >= 0.6 is 16.8 Å². The van der Waals surface area contributed by atoms with E-state index in [-0.39, 0.29) is 43.3 Å². The maximum absolute atomic E-state index is 7.93. The highest BCUT2D eigenvalue weighted by molar-refractivity contribution is 7.64. The summed E-state index contributed by atoms with van der Waals surface area (Å²) < 4.78 is 31.6. The minimum Gasteiger partial charge on any atom is -0.435 e. The highest BCUT2D eigenvalue weighted by Crippen LogP contribution is 2.57. The van der Waals surface area contributed by atoms with Crippen LogP contribution in [0.4, 0.5) is 0 Å². The van der Waals surface area contributed by atoms with Crippen LogP contribution in [0.3, 0.4) is 0 Å². The molecule has 6 aromatic rings. The predicted octanol–water partition coefficient (Wildman–Crippen LogP) is 21.1.